The monoisotopic (exact) mass is 368 g/mol. The second kappa shape index (κ2) is 8.35. The van der Waals surface area contributed by atoms with Gasteiger partial charge in [0.1, 0.15) is 11.4 Å². The summed E-state index contributed by atoms with van der Waals surface area (Å²) in [5, 5.41) is 2.60. The van der Waals surface area contributed by atoms with Crippen molar-refractivity contribution >= 4 is 23.0 Å². The van der Waals surface area contributed by atoms with E-state index in [0.717, 1.165) is 17.0 Å². The lowest BCUT2D eigenvalue weighted by Crippen LogP contribution is -2.20. The highest BCUT2D eigenvalue weighted by Gasteiger charge is 2.24. The van der Waals surface area contributed by atoms with Crippen LogP contribution in [0.4, 0.5) is 15.8 Å². The van der Waals surface area contributed by atoms with Crippen molar-refractivity contribution in [3.05, 3.63) is 65.9 Å². The Bertz CT molecular complexity index is 878. The summed E-state index contributed by atoms with van der Waals surface area (Å²) in [5.74, 6) is 0.259. The van der Waals surface area contributed by atoms with Gasteiger partial charge in [0.05, 0.1) is 12.3 Å². The van der Waals surface area contributed by atoms with Crippen LogP contribution in [0.3, 0.4) is 0 Å². The summed E-state index contributed by atoms with van der Waals surface area (Å²) >= 11 is 0. The Morgan fingerprint density at radius 1 is 1.26 bits per heavy atom. The Morgan fingerprint density at radius 2 is 2.00 bits per heavy atom. The lowest BCUT2D eigenvalue weighted by atomic mass is 10.2. The van der Waals surface area contributed by atoms with Crippen LogP contribution in [0, 0.1) is 0 Å². The lowest BCUT2D eigenvalue weighted by molar-refractivity contribution is 0.0963. The van der Waals surface area contributed by atoms with Crippen LogP contribution in [0.2, 0.25) is 0 Å². The van der Waals surface area contributed by atoms with Gasteiger partial charge in [-0.05, 0) is 36.4 Å². The predicted molar refractivity (Wildman–Crippen MR) is 104 cm³/mol. The number of carbonyl (C=O) groups is 1. The number of ether oxygens (including phenoxy) is 1. The van der Waals surface area contributed by atoms with Crippen molar-refractivity contribution in [2.75, 3.05) is 31.9 Å². The molecule has 6 nitrogen and oxygen atoms in total. The fourth-order valence-electron chi connectivity index (χ4n) is 2.92. The van der Waals surface area contributed by atoms with Crippen molar-refractivity contribution in [3.63, 3.8) is 0 Å². The van der Waals surface area contributed by atoms with Crippen molar-refractivity contribution in [1.82, 2.24) is 5.32 Å². The normalized spacial score (nSPS) is 16.7. The zero-order chi connectivity index (χ0) is 19.2. The van der Waals surface area contributed by atoms with Crippen molar-refractivity contribution < 1.29 is 13.9 Å². The summed E-state index contributed by atoms with van der Waals surface area (Å²) in [6.07, 6.45) is 1.54. The maximum absolute atomic E-state index is 12.6. The molecule has 140 valence electrons. The van der Waals surface area contributed by atoms with Gasteiger partial charge in [-0.15, -0.1) is 0 Å². The zero-order valence-corrected chi connectivity index (χ0v) is 15.0. The topological polar surface area (TPSA) is 80.0 Å². The fourth-order valence-corrected chi connectivity index (χ4v) is 2.92. The number of carbonyl (C=O) groups excluding carboxylic acids is 1. The highest BCUT2D eigenvalue weighted by Crippen LogP contribution is 2.30. The summed E-state index contributed by atoms with van der Waals surface area (Å²) in [5.41, 5.74) is 9.58. The number of nitrogens with one attached hydrogen (secondary N) is 1. The van der Waals surface area contributed by atoms with Gasteiger partial charge in [0.15, 0.2) is 0 Å². The van der Waals surface area contributed by atoms with Crippen LogP contribution < -0.4 is 20.7 Å². The molecule has 1 fully saturated rings. The summed E-state index contributed by atoms with van der Waals surface area (Å²) in [4.78, 5) is 18.4. The Hall–Kier alpha value is -3.35. The first-order valence-electron chi connectivity index (χ1n) is 8.50. The van der Waals surface area contributed by atoms with Gasteiger partial charge in [0, 0.05) is 36.6 Å². The molecule has 1 saturated heterocycles. The fraction of sp³-hybridized carbons (Fsp3) is 0.200. The first-order valence-corrected chi connectivity index (χ1v) is 8.50. The van der Waals surface area contributed by atoms with E-state index in [0.29, 0.717) is 30.1 Å². The minimum Gasteiger partial charge on any atom is -0.461 e. The lowest BCUT2D eigenvalue weighted by Gasteiger charge is -2.17. The van der Waals surface area contributed by atoms with E-state index in [-0.39, 0.29) is 5.91 Å². The van der Waals surface area contributed by atoms with E-state index in [9.17, 15) is 9.18 Å². The average molecular weight is 368 g/mol. The quantitative estimate of drug-likeness (QED) is 0.850. The molecule has 3 rings (SSSR count). The first kappa shape index (κ1) is 18.4. The van der Waals surface area contributed by atoms with Crippen LogP contribution in [0.15, 0.2) is 65.3 Å². The Morgan fingerprint density at radius 3 is 2.67 bits per heavy atom. The standard InChI is InChI=1S/C20H21FN4O2/c1-23-20(26)14-6-8-16(9-7-14)25-11-15(10-22)18(12-25)24-17-4-2-3-5-19(17)27-13-21/h2-10H,11-13,22H2,1H3,(H,23,26). The summed E-state index contributed by atoms with van der Waals surface area (Å²) in [6, 6.07) is 14.4. The average Bonchev–Trinajstić information content (AvgIpc) is 3.12. The van der Waals surface area contributed by atoms with Crippen LogP contribution in [-0.4, -0.2) is 38.6 Å². The van der Waals surface area contributed by atoms with E-state index in [1.165, 1.54) is 6.20 Å². The molecule has 0 atom stereocenters. The van der Waals surface area contributed by atoms with Crippen molar-refractivity contribution in [2.45, 2.75) is 0 Å². The molecule has 1 aliphatic heterocycles. The molecule has 3 N–H and O–H groups in total. The number of anilines is 1. The van der Waals surface area contributed by atoms with Crippen LogP contribution >= 0.6 is 0 Å². The molecule has 0 spiro atoms. The van der Waals surface area contributed by atoms with Gasteiger partial charge in [-0.1, -0.05) is 12.1 Å². The number of rotatable bonds is 5. The maximum atomic E-state index is 12.6. The van der Waals surface area contributed by atoms with Gasteiger partial charge in [0.25, 0.3) is 5.91 Å². The van der Waals surface area contributed by atoms with Crippen molar-refractivity contribution in [1.29, 1.82) is 0 Å². The van der Waals surface area contributed by atoms with Gasteiger partial charge in [0.2, 0.25) is 6.86 Å². The zero-order valence-electron chi connectivity index (χ0n) is 15.0. The van der Waals surface area contributed by atoms with E-state index < -0.39 is 6.86 Å². The molecule has 0 aliphatic carbocycles. The molecule has 0 aromatic heterocycles. The van der Waals surface area contributed by atoms with Crippen LogP contribution in [0.1, 0.15) is 10.4 Å². The number of halogens is 1. The van der Waals surface area contributed by atoms with Crippen LogP contribution in [0.25, 0.3) is 0 Å². The molecular weight excluding hydrogens is 347 g/mol. The summed E-state index contributed by atoms with van der Waals surface area (Å²) in [7, 11) is 1.60. The summed E-state index contributed by atoms with van der Waals surface area (Å²) in [6.45, 7) is 0.234. The Balaban J connectivity index is 1.85. The Labute approximate surface area is 157 Å². The van der Waals surface area contributed by atoms with Crippen LogP contribution in [0.5, 0.6) is 5.75 Å². The van der Waals surface area contributed by atoms with Gasteiger partial charge < -0.3 is 20.7 Å². The van der Waals surface area contributed by atoms with Crippen molar-refractivity contribution in [2.24, 2.45) is 10.7 Å². The van der Waals surface area contributed by atoms with E-state index in [1.807, 2.05) is 18.2 Å². The number of hydrogen-bond acceptors (Lipinski definition) is 5. The number of amides is 1. The molecule has 0 unspecified atom stereocenters. The van der Waals surface area contributed by atoms with Gasteiger partial charge in [-0.3, -0.25) is 4.79 Å². The highest BCUT2D eigenvalue weighted by molar-refractivity contribution is 6.08. The summed E-state index contributed by atoms with van der Waals surface area (Å²) < 4.78 is 17.6. The largest absolute Gasteiger partial charge is 0.461 e. The number of aliphatic imine (C=N–C) groups is 1. The van der Waals surface area contributed by atoms with Gasteiger partial charge >= 0.3 is 0 Å². The van der Waals surface area contributed by atoms with E-state index in [4.69, 9.17) is 10.5 Å². The second-order valence-corrected chi connectivity index (χ2v) is 5.95. The number of nitrogens with zero attached hydrogens (tertiary/aromatic N) is 2. The van der Waals surface area contributed by atoms with Gasteiger partial charge in [-0.2, -0.15) is 0 Å². The van der Waals surface area contributed by atoms with E-state index in [2.05, 4.69) is 15.2 Å². The molecule has 7 heteroatoms. The van der Waals surface area contributed by atoms with Crippen LogP contribution in [-0.2, 0) is 0 Å². The molecule has 1 aliphatic rings. The smallest absolute Gasteiger partial charge is 0.251 e. The molecule has 0 saturated carbocycles. The molecule has 2 aromatic carbocycles. The molecule has 1 heterocycles. The van der Waals surface area contributed by atoms with E-state index in [1.54, 1.807) is 37.4 Å². The number of para-hydroxylation sites is 2. The molecular formula is C20H21FN4O2. The minimum atomic E-state index is -0.911. The Kier molecular flexibility index (Phi) is 5.71. The molecule has 2 aromatic rings. The minimum absolute atomic E-state index is 0.128. The number of hydrogen-bond donors (Lipinski definition) is 2. The third-order valence-corrected chi connectivity index (χ3v) is 4.33. The first-order chi connectivity index (χ1) is 13.2. The molecule has 0 bridgehead atoms. The number of nitrogens with two attached hydrogens (primary N) is 1. The second-order valence-electron chi connectivity index (χ2n) is 5.95. The van der Waals surface area contributed by atoms with Gasteiger partial charge in [-0.25, -0.2) is 9.38 Å². The third-order valence-electron chi connectivity index (χ3n) is 4.33. The molecule has 0 radical (unpaired) electrons. The van der Waals surface area contributed by atoms with E-state index >= 15 is 0 Å². The molecule has 27 heavy (non-hydrogen) atoms. The maximum Gasteiger partial charge on any atom is 0.251 e. The highest BCUT2D eigenvalue weighted by atomic mass is 19.1. The predicted octanol–water partition coefficient (Wildman–Crippen LogP) is 2.79. The number of benzene rings is 2. The SMILES string of the molecule is CNC(=O)c1ccc(N2CC(=CN)C(=Nc3ccccc3OCF)C2)cc1. The third kappa shape index (κ3) is 4.08. The molecule has 1 amide bonds. The number of alkyl halides is 1. The van der Waals surface area contributed by atoms with Crippen molar-refractivity contribution in [3.8, 4) is 5.75 Å².